The fraction of sp³-hybridized carbons (Fsp3) is 0.571. The Labute approximate surface area is 108 Å². The summed E-state index contributed by atoms with van der Waals surface area (Å²) in [5, 5.41) is 11.1. The first-order chi connectivity index (χ1) is 8.59. The zero-order valence-corrected chi connectivity index (χ0v) is 11.6. The van der Waals surface area contributed by atoms with Gasteiger partial charge in [0.15, 0.2) is 0 Å². The first-order valence-electron chi connectivity index (χ1n) is 6.53. The number of aryl methyl sites for hydroxylation is 3. The van der Waals surface area contributed by atoms with Crippen molar-refractivity contribution in [2.24, 2.45) is 0 Å². The number of rotatable bonds is 5. The Balaban J connectivity index is 1.95. The lowest BCUT2D eigenvalue weighted by molar-refractivity contribution is 0.378. The van der Waals surface area contributed by atoms with Gasteiger partial charge in [-0.3, -0.25) is 5.10 Å². The molecule has 0 aromatic carbocycles. The predicted molar refractivity (Wildman–Crippen MR) is 70.7 cm³/mol. The topological polar surface area (TPSA) is 54.7 Å². The molecule has 0 aliphatic rings. The first kappa shape index (κ1) is 12.9. The standard InChI is InChI=1S/C14H21N3O/c1-9(2)13-8-15-18-14(13)7-5-6-12-10(3)16-17-11(12)4/h8-9H,5-7H2,1-4H3,(H,16,17). The zero-order chi connectivity index (χ0) is 13.1. The second-order valence-electron chi connectivity index (χ2n) is 5.13. The Hall–Kier alpha value is -1.58. The van der Waals surface area contributed by atoms with Gasteiger partial charge in [-0.2, -0.15) is 5.10 Å². The van der Waals surface area contributed by atoms with E-state index >= 15 is 0 Å². The van der Waals surface area contributed by atoms with Crippen molar-refractivity contribution < 1.29 is 4.52 Å². The summed E-state index contributed by atoms with van der Waals surface area (Å²) in [6, 6.07) is 0. The molecule has 4 nitrogen and oxygen atoms in total. The van der Waals surface area contributed by atoms with Crippen molar-refractivity contribution in [1.82, 2.24) is 15.4 Å². The van der Waals surface area contributed by atoms with E-state index in [1.807, 2.05) is 13.1 Å². The molecular formula is C14H21N3O. The summed E-state index contributed by atoms with van der Waals surface area (Å²) < 4.78 is 5.33. The van der Waals surface area contributed by atoms with Crippen LogP contribution in [0.25, 0.3) is 0 Å². The molecule has 0 saturated carbocycles. The first-order valence-corrected chi connectivity index (χ1v) is 6.53. The number of H-pyrrole nitrogens is 1. The molecule has 0 saturated heterocycles. The molecule has 0 amide bonds. The minimum absolute atomic E-state index is 0.476. The number of nitrogens with zero attached hydrogens (tertiary/aromatic N) is 2. The van der Waals surface area contributed by atoms with Gasteiger partial charge in [0, 0.05) is 17.7 Å². The van der Waals surface area contributed by atoms with Crippen LogP contribution in [0, 0.1) is 13.8 Å². The molecule has 2 aromatic rings. The van der Waals surface area contributed by atoms with Gasteiger partial charge in [0.25, 0.3) is 0 Å². The van der Waals surface area contributed by atoms with Gasteiger partial charge in [-0.1, -0.05) is 19.0 Å². The lowest BCUT2D eigenvalue weighted by Crippen LogP contribution is -1.95. The van der Waals surface area contributed by atoms with Crippen molar-refractivity contribution in [1.29, 1.82) is 0 Å². The molecule has 1 N–H and O–H groups in total. The Bertz CT molecular complexity index is 491. The third-order valence-electron chi connectivity index (χ3n) is 3.41. The van der Waals surface area contributed by atoms with E-state index in [1.165, 1.54) is 16.8 Å². The monoisotopic (exact) mass is 247 g/mol. The number of nitrogens with one attached hydrogen (secondary N) is 1. The van der Waals surface area contributed by atoms with Gasteiger partial charge in [0.1, 0.15) is 5.76 Å². The van der Waals surface area contributed by atoms with Crippen LogP contribution < -0.4 is 0 Å². The summed E-state index contributed by atoms with van der Waals surface area (Å²) in [5.41, 5.74) is 4.85. The van der Waals surface area contributed by atoms with Crippen LogP contribution in [0.2, 0.25) is 0 Å². The molecule has 0 aliphatic heterocycles. The van der Waals surface area contributed by atoms with Gasteiger partial charge in [-0.25, -0.2) is 0 Å². The van der Waals surface area contributed by atoms with Crippen molar-refractivity contribution in [2.75, 3.05) is 0 Å². The van der Waals surface area contributed by atoms with Crippen LogP contribution >= 0.6 is 0 Å². The average Bonchev–Trinajstić information content (AvgIpc) is 2.90. The molecule has 18 heavy (non-hydrogen) atoms. The van der Waals surface area contributed by atoms with E-state index < -0.39 is 0 Å². The SMILES string of the molecule is Cc1n[nH]c(C)c1CCCc1oncc1C(C)C. The number of hydrogen-bond donors (Lipinski definition) is 1. The molecule has 0 radical (unpaired) electrons. The normalized spacial score (nSPS) is 11.4. The Morgan fingerprint density at radius 1 is 1.28 bits per heavy atom. The van der Waals surface area contributed by atoms with Gasteiger partial charge in [0.05, 0.1) is 11.9 Å². The van der Waals surface area contributed by atoms with Gasteiger partial charge < -0.3 is 4.52 Å². The van der Waals surface area contributed by atoms with Gasteiger partial charge in [0.2, 0.25) is 0 Å². The van der Waals surface area contributed by atoms with Crippen LogP contribution in [0.3, 0.4) is 0 Å². The summed E-state index contributed by atoms with van der Waals surface area (Å²) in [6.45, 7) is 8.46. The van der Waals surface area contributed by atoms with Crippen LogP contribution in [-0.4, -0.2) is 15.4 Å². The quantitative estimate of drug-likeness (QED) is 0.881. The van der Waals surface area contributed by atoms with E-state index in [4.69, 9.17) is 4.52 Å². The van der Waals surface area contributed by atoms with Crippen LogP contribution in [0.5, 0.6) is 0 Å². The van der Waals surface area contributed by atoms with E-state index in [1.54, 1.807) is 0 Å². The Kier molecular flexibility index (Phi) is 3.84. The number of hydrogen-bond acceptors (Lipinski definition) is 3. The van der Waals surface area contributed by atoms with Crippen LogP contribution in [0.4, 0.5) is 0 Å². The smallest absolute Gasteiger partial charge is 0.140 e. The highest BCUT2D eigenvalue weighted by Gasteiger charge is 2.12. The zero-order valence-electron chi connectivity index (χ0n) is 11.6. The fourth-order valence-electron chi connectivity index (χ4n) is 2.30. The summed E-state index contributed by atoms with van der Waals surface area (Å²) in [7, 11) is 0. The summed E-state index contributed by atoms with van der Waals surface area (Å²) in [6.07, 6.45) is 4.88. The maximum atomic E-state index is 5.33. The van der Waals surface area contributed by atoms with Crippen LogP contribution in [0.1, 0.15) is 54.5 Å². The maximum absolute atomic E-state index is 5.33. The molecule has 4 heteroatoms. The minimum atomic E-state index is 0.476. The minimum Gasteiger partial charge on any atom is -0.361 e. The molecule has 2 rings (SSSR count). The van der Waals surface area contributed by atoms with E-state index in [0.29, 0.717) is 5.92 Å². The molecule has 2 aromatic heterocycles. The van der Waals surface area contributed by atoms with Crippen molar-refractivity contribution in [3.8, 4) is 0 Å². The number of aromatic amines is 1. The van der Waals surface area contributed by atoms with E-state index in [9.17, 15) is 0 Å². The lowest BCUT2D eigenvalue weighted by atomic mass is 10.00. The van der Waals surface area contributed by atoms with E-state index in [2.05, 4.69) is 36.1 Å². The summed E-state index contributed by atoms with van der Waals surface area (Å²) >= 11 is 0. The van der Waals surface area contributed by atoms with E-state index in [0.717, 1.165) is 30.7 Å². The summed E-state index contributed by atoms with van der Waals surface area (Å²) in [4.78, 5) is 0. The molecular weight excluding hydrogens is 226 g/mol. The molecule has 98 valence electrons. The molecule has 0 spiro atoms. The molecule has 0 unspecified atom stereocenters. The van der Waals surface area contributed by atoms with E-state index in [-0.39, 0.29) is 0 Å². The highest BCUT2D eigenvalue weighted by molar-refractivity contribution is 5.23. The van der Waals surface area contributed by atoms with Crippen LogP contribution in [0.15, 0.2) is 10.7 Å². The maximum Gasteiger partial charge on any atom is 0.140 e. The second-order valence-corrected chi connectivity index (χ2v) is 5.13. The van der Waals surface area contributed by atoms with Gasteiger partial charge in [-0.15, -0.1) is 0 Å². The van der Waals surface area contributed by atoms with Crippen molar-refractivity contribution in [3.63, 3.8) is 0 Å². The van der Waals surface area contributed by atoms with Crippen LogP contribution in [-0.2, 0) is 12.8 Å². The highest BCUT2D eigenvalue weighted by atomic mass is 16.5. The second kappa shape index (κ2) is 5.38. The van der Waals surface area contributed by atoms with Crippen molar-refractivity contribution in [3.05, 3.63) is 34.5 Å². The predicted octanol–water partition coefficient (Wildman–Crippen LogP) is 3.31. The molecule has 0 atom stereocenters. The summed E-state index contributed by atoms with van der Waals surface area (Å²) in [5.74, 6) is 1.51. The van der Waals surface area contributed by atoms with Gasteiger partial charge in [-0.05, 0) is 38.2 Å². The Morgan fingerprint density at radius 2 is 2.06 bits per heavy atom. The van der Waals surface area contributed by atoms with Crippen molar-refractivity contribution in [2.45, 2.75) is 52.9 Å². The van der Waals surface area contributed by atoms with Gasteiger partial charge >= 0.3 is 0 Å². The lowest BCUT2D eigenvalue weighted by Gasteiger charge is -2.04. The third-order valence-corrected chi connectivity index (χ3v) is 3.41. The fourth-order valence-corrected chi connectivity index (χ4v) is 2.30. The number of aromatic nitrogens is 3. The largest absolute Gasteiger partial charge is 0.361 e. The van der Waals surface area contributed by atoms with Crippen molar-refractivity contribution >= 4 is 0 Å². The molecule has 2 heterocycles. The highest BCUT2D eigenvalue weighted by Crippen LogP contribution is 2.21. The molecule has 0 bridgehead atoms. The average molecular weight is 247 g/mol. The third kappa shape index (κ3) is 2.63. The Morgan fingerprint density at radius 3 is 2.67 bits per heavy atom. The molecule has 0 aliphatic carbocycles. The molecule has 0 fully saturated rings.